The maximum Gasteiger partial charge on any atom is 0.283 e. The molecule has 2 heterocycles. The van der Waals surface area contributed by atoms with E-state index >= 15 is 0 Å². The van der Waals surface area contributed by atoms with Crippen LogP contribution in [-0.2, 0) is 0 Å². The number of nitrogen functional groups attached to an aromatic ring is 1. The highest BCUT2D eigenvalue weighted by Crippen LogP contribution is 2.46. The molecule has 0 bridgehead atoms. The van der Waals surface area contributed by atoms with E-state index in [9.17, 15) is 4.79 Å². The summed E-state index contributed by atoms with van der Waals surface area (Å²) in [5.74, 6) is 1.59. The SMILES string of the molecule is COc1ccccc1C(=O)n1nc(N)c2ccc([C@H]3C[C@@H]3C)nc21. The molecule has 3 aromatic rings. The number of nitrogens with two attached hydrogens (primary N) is 1. The van der Waals surface area contributed by atoms with Crippen LogP contribution in [0.15, 0.2) is 36.4 Å². The topological polar surface area (TPSA) is 83.0 Å². The van der Waals surface area contributed by atoms with Gasteiger partial charge in [0.2, 0.25) is 0 Å². The van der Waals surface area contributed by atoms with Gasteiger partial charge in [-0.25, -0.2) is 4.98 Å². The average Bonchev–Trinajstić information content (AvgIpc) is 3.25. The summed E-state index contributed by atoms with van der Waals surface area (Å²) in [6.45, 7) is 2.20. The third-order valence-corrected chi connectivity index (χ3v) is 4.60. The molecule has 2 N–H and O–H groups in total. The molecule has 1 aliphatic carbocycles. The first-order chi connectivity index (χ1) is 11.6. The number of nitrogens with zero attached hydrogens (tertiary/aromatic N) is 3. The smallest absolute Gasteiger partial charge is 0.283 e. The van der Waals surface area contributed by atoms with Crippen LogP contribution in [0.25, 0.3) is 11.0 Å². The lowest BCUT2D eigenvalue weighted by molar-refractivity contribution is 0.0947. The van der Waals surface area contributed by atoms with E-state index < -0.39 is 0 Å². The molecule has 1 saturated carbocycles. The summed E-state index contributed by atoms with van der Waals surface area (Å²) in [4.78, 5) is 17.6. The molecular formula is C18H18N4O2. The molecule has 6 nitrogen and oxygen atoms in total. The van der Waals surface area contributed by atoms with Gasteiger partial charge in [-0.2, -0.15) is 4.68 Å². The molecule has 122 valence electrons. The van der Waals surface area contributed by atoms with Gasteiger partial charge in [0.15, 0.2) is 11.5 Å². The lowest BCUT2D eigenvalue weighted by Crippen LogP contribution is -2.15. The molecule has 2 atom stereocenters. The Bertz CT molecular complexity index is 947. The summed E-state index contributed by atoms with van der Waals surface area (Å²) in [5, 5.41) is 4.90. The Labute approximate surface area is 139 Å². The standard InChI is InChI=1S/C18H18N4O2/c1-10-9-13(10)14-8-7-12-16(19)21-22(17(12)20-14)18(23)11-5-3-4-6-15(11)24-2/h3-8,10,13H,9H2,1-2H3,(H2,19,21)/t10-,13-/m0/s1. The molecule has 0 aliphatic heterocycles. The van der Waals surface area contributed by atoms with Crippen LogP contribution in [0.5, 0.6) is 5.75 Å². The summed E-state index contributed by atoms with van der Waals surface area (Å²) in [7, 11) is 1.53. The Kier molecular flexibility index (Phi) is 3.26. The second kappa shape index (κ2) is 5.33. The van der Waals surface area contributed by atoms with Crippen molar-refractivity contribution in [3.63, 3.8) is 0 Å². The first kappa shape index (κ1) is 14.7. The van der Waals surface area contributed by atoms with Gasteiger partial charge in [-0.3, -0.25) is 4.79 Å². The zero-order chi connectivity index (χ0) is 16.8. The first-order valence-electron chi connectivity index (χ1n) is 7.93. The zero-order valence-corrected chi connectivity index (χ0v) is 13.6. The van der Waals surface area contributed by atoms with Gasteiger partial charge in [0, 0.05) is 11.6 Å². The van der Waals surface area contributed by atoms with E-state index in [1.165, 1.54) is 11.8 Å². The highest BCUT2D eigenvalue weighted by molar-refractivity contribution is 6.03. The fraction of sp³-hybridized carbons (Fsp3) is 0.278. The Morgan fingerprint density at radius 2 is 2.04 bits per heavy atom. The molecule has 0 unspecified atom stereocenters. The maximum absolute atomic E-state index is 12.9. The predicted molar refractivity (Wildman–Crippen MR) is 91.2 cm³/mol. The number of carbonyl (C=O) groups is 1. The second-order valence-electron chi connectivity index (χ2n) is 6.23. The Hall–Kier alpha value is -2.89. The van der Waals surface area contributed by atoms with Gasteiger partial charge in [-0.05, 0) is 36.6 Å². The molecule has 1 fully saturated rings. The minimum atomic E-state index is -0.303. The molecule has 4 rings (SSSR count). The number of rotatable bonds is 3. The number of fused-ring (bicyclic) bond motifs is 1. The summed E-state index contributed by atoms with van der Waals surface area (Å²) in [5.41, 5.74) is 7.89. The number of anilines is 1. The molecule has 6 heteroatoms. The Balaban J connectivity index is 1.85. The van der Waals surface area contributed by atoms with Crippen LogP contribution in [0.3, 0.4) is 0 Å². The summed E-state index contributed by atoms with van der Waals surface area (Å²) < 4.78 is 6.56. The van der Waals surface area contributed by atoms with Crippen molar-refractivity contribution in [2.75, 3.05) is 12.8 Å². The van der Waals surface area contributed by atoms with E-state index in [0.29, 0.717) is 40.0 Å². The molecule has 24 heavy (non-hydrogen) atoms. The van der Waals surface area contributed by atoms with Gasteiger partial charge >= 0.3 is 0 Å². The van der Waals surface area contributed by atoms with Gasteiger partial charge in [0.1, 0.15) is 5.75 Å². The highest BCUT2D eigenvalue weighted by atomic mass is 16.5. The van der Waals surface area contributed by atoms with Gasteiger partial charge < -0.3 is 10.5 Å². The fourth-order valence-electron chi connectivity index (χ4n) is 3.05. The number of ether oxygens (including phenoxy) is 1. The van der Waals surface area contributed by atoms with Gasteiger partial charge in [0.25, 0.3) is 5.91 Å². The number of carbonyl (C=O) groups excluding carboxylic acids is 1. The van der Waals surface area contributed by atoms with Crippen molar-refractivity contribution >= 4 is 22.8 Å². The van der Waals surface area contributed by atoms with Crippen molar-refractivity contribution in [3.05, 3.63) is 47.7 Å². The number of methoxy groups -OCH3 is 1. The summed E-state index contributed by atoms with van der Waals surface area (Å²) in [6, 6.07) is 10.9. The van der Waals surface area contributed by atoms with E-state index in [1.54, 1.807) is 18.2 Å². The third kappa shape index (κ3) is 2.22. The van der Waals surface area contributed by atoms with Crippen molar-refractivity contribution in [1.82, 2.24) is 14.8 Å². The van der Waals surface area contributed by atoms with E-state index in [4.69, 9.17) is 10.5 Å². The molecule has 0 saturated heterocycles. The van der Waals surface area contributed by atoms with Crippen LogP contribution in [0.1, 0.15) is 35.3 Å². The van der Waals surface area contributed by atoms with Gasteiger partial charge in [-0.1, -0.05) is 19.1 Å². The van der Waals surface area contributed by atoms with E-state index in [-0.39, 0.29) is 5.91 Å². The molecule has 0 amide bonds. The van der Waals surface area contributed by atoms with Crippen LogP contribution in [0.4, 0.5) is 5.82 Å². The van der Waals surface area contributed by atoms with Crippen LogP contribution >= 0.6 is 0 Å². The molecule has 0 radical (unpaired) electrons. The molecule has 0 spiro atoms. The number of hydrogen-bond donors (Lipinski definition) is 1. The van der Waals surface area contributed by atoms with Crippen molar-refractivity contribution < 1.29 is 9.53 Å². The molecule has 1 aliphatic rings. The predicted octanol–water partition coefficient (Wildman–Crippen LogP) is 2.83. The lowest BCUT2D eigenvalue weighted by Gasteiger charge is -2.07. The van der Waals surface area contributed by atoms with Gasteiger partial charge in [-0.15, -0.1) is 5.10 Å². The number of benzene rings is 1. The minimum Gasteiger partial charge on any atom is -0.496 e. The van der Waals surface area contributed by atoms with Crippen molar-refractivity contribution in [2.24, 2.45) is 5.92 Å². The monoisotopic (exact) mass is 322 g/mol. The van der Waals surface area contributed by atoms with Crippen molar-refractivity contribution in [2.45, 2.75) is 19.3 Å². The normalized spacial score (nSPS) is 19.4. The average molecular weight is 322 g/mol. The summed E-state index contributed by atoms with van der Waals surface area (Å²) >= 11 is 0. The lowest BCUT2D eigenvalue weighted by atomic mass is 10.2. The Morgan fingerprint density at radius 3 is 2.75 bits per heavy atom. The van der Waals surface area contributed by atoms with Crippen LogP contribution in [-0.4, -0.2) is 27.8 Å². The minimum absolute atomic E-state index is 0.302. The van der Waals surface area contributed by atoms with Crippen molar-refractivity contribution in [3.8, 4) is 5.75 Å². The van der Waals surface area contributed by atoms with E-state index in [0.717, 1.165) is 12.1 Å². The largest absolute Gasteiger partial charge is 0.496 e. The third-order valence-electron chi connectivity index (χ3n) is 4.60. The maximum atomic E-state index is 12.9. The van der Waals surface area contributed by atoms with Crippen molar-refractivity contribution in [1.29, 1.82) is 0 Å². The van der Waals surface area contributed by atoms with Gasteiger partial charge in [0.05, 0.1) is 18.1 Å². The molecule has 1 aromatic carbocycles. The number of pyridine rings is 1. The quantitative estimate of drug-likeness (QED) is 0.801. The molecule has 2 aromatic heterocycles. The van der Waals surface area contributed by atoms with Crippen LogP contribution in [0.2, 0.25) is 0 Å². The fourth-order valence-corrected chi connectivity index (χ4v) is 3.05. The number of hydrogen-bond acceptors (Lipinski definition) is 5. The van der Waals surface area contributed by atoms with Crippen LogP contribution in [0, 0.1) is 5.92 Å². The second-order valence-corrected chi connectivity index (χ2v) is 6.23. The Morgan fingerprint density at radius 1 is 1.29 bits per heavy atom. The number of para-hydroxylation sites is 1. The van der Waals surface area contributed by atoms with E-state index in [2.05, 4.69) is 17.0 Å². The number of aromatic nitrogens is 3. The first-order valence-corrected chi connectivity index (χ1v) is 7.93. The van der Waals surface area contributed by atoms with E-state index in [1.807, 2.05) is 18.2 Å². The molecular weight excluding hydrogens is 304 g/mol. The highest BCUT2D eigenvalue weighted by Gasteiger charge is 2.35. The summed E-state index contributed by atoms with van der Waals surface area (Å²) in [6.07, 6.45) is 1.13. The van der Waals surface area contributed by atoms with Crippen LogP contribution < -0.4 is 10.5 Å². The zero-order valence-electron chi connectivity index (χ0n) is 13.6.